The van der Waals surface area contributed by atoms with Crippen molar-refractivity contribution in [3.63, 3.8) is 0 Å². The summed E-state index contributed by atoms with van der Waals surface area (Å²) >= 11 is 0. The quantitative estimate of drug-likeness (QED) is 0.627. The fourth-order valence-electron chi connectivity index (χ4n) is 2.55. The lowest BCUT2D eigenvalue weighted by Crippen LogP contribution is -2.52. The molecular formula is C16H34N2O2. The number of nitrogens with one attached hydrogen (secondary N) is 1. The average Bonchev–Trinajstić information content (AvgIpc) is 2.34. The molecule has 0 spiro atoms. The first-order valence-corrected chi connectivity index (χ1v) is 7.81. The van der Waals surface area contributed by atoms with Crippen molar-refractivity contribution in [1.29, 1.82) is 0 Å². The van der Waals surface area contributed by atoms with Crippen LogP contribution >= 0.6 is 0 Å². The fraction of sp³-hybridized carbons (Fsp3) is 0.938. The second-order valence-electron chi connectivity index (χ2n) is 6.65. The largest absolute Gasteiger partial charge is 0.468 e. The topological polar surface area (TPSA) is 41.6 Å². The number of hydrogen-bond donors (Lipinski definition) is 1. The van der Waals surface area contributed by atoms with Crippen molar-refractivity contribution in [1.82, 2.24) is 10.2 Å². The van der Waals surface area contributed by atoms with Crippen LogP contribution < -0.4 is 5.32 Å². The molecule has 0 rings (SSSR count). The minimum atomic E-state index is -0.588. The number of ether oxygens (including phenoxy) is 1. The third-order valence-electron chi connectivity index (χ3n) is 3.38. The molecule has 1 N–H and O–H groups in total. The van der Waals surface area contributed by atoms with Crippen molar-refractivity contribution >= 4 is 5.97 Å². The molecule has 0 heterocycles. The van der Waals surface area contributed by atoms with Crippen LogP contribution in [0.15, 0.2) is 0 Å². The summed E-state index contributed by atoms with van der Waals surface area (Å²) in [5, 5.41) is 3.27. The van der Waals surface area contributed by atoms with E-state index in [2.05, 4.69) is 37.9 Å². The highest BCUT2D eigenvalue weighted by atomic mass is 16.5. The van der Waals surface area contributed by atoms with Gasteiger partial charge in [-0.3, -0.25) is 4.79 Å². The Kier molecular flexibility index (Phi) is 9.06. The van der Waals surface area contributed by atoms with Gasteiger partial charge in [-0.15, -0.1) is 0 Å². The van der Waals surface area contributed by atoms with Gasteiger partial charge in [0.2, 0.25) is 0 Å². The van der Waals surface area contributed by atoms with E-state index in [1.165, 1.54) is 7.11 Å². The third-order valence-corrected chi connectivity index (χ3v) is 3.38. The average molecular weight is 286 g/mol. The molecule has 0 aromatic carbocycles. The normalized spacial score (nSPS) is 14.9. The zero-order valence-electron chi connectivity index (χ0n) is 14.5. The van der Waals surface area contributed by atoms with Gasteiger partial charge in [0.25, 0.3) is 0 Å². The molecule has 0 bridgehead atoms. The molecular weight excluding hydrogens is 252 g/mol. The zero-order chi connectivity index (χ0) is 15.8. The summed E-state index contributed by atoms with van der Waals surface area (Å²) in [5.41, 5.74) is -0.588. The van der Waals surface area contributed by atoms with E-state index in [9.17, 15) is 4.79 Å². The SMILES string of the molecule is CCNC(C)(CCN(CC(C)C)CC(C)C)C(=O)OC. The second-order valence-corrected chi connectivity index (χ2v) is 6.65. The predicted molar refractivity (Wildman–Crippen MR) is 84.8 cm³/mol. The van der Waals surface area contributed by atoms with Crippen molar-refractivity contribution in [3.8, 4) is 0 Å². The van der Waals surface area contributed by atoms with Crippen molar-refractivity contribution in [3.05, 3.63) is 0 Å². The third kappa shape index (κ3) is 7.25. The second kappa shape index (κ2) is 9.35. The highest BCUT2D eigenvalue weighted by molar-refractivity contribution is 5.80. The van der Waals surface area contributed by atoms with E-state index in [0.717, 1.165) is 32.6 Å². The first kappa shape index (κ1) is 19.4. The summed E-state index contributed by atoms with van der Waals surface area (Å²) in [6.07, 6.45) is 0.771. The molecule has 120 valence electrons. The number of carbonyl (C=O) groups excluding carboxylic acids is 1. The van der Waals surface area contributed by atoms with Crippen LogP contribution in [0.5, 0.6) is 0 Å². The Labute approximate surface area is 125 Å². The molecule has 1 unspecified atom stereocenters. The Hall–Kier alpha value is -0.610. The van der Waals surface area contributed by atoms with Crippen LogP contribution in [-0.2, 0) is 9.53 Å². The standard InChI is InChI=1S/C16H34N2O2/c1-8-17-16(6,15(19)20-7)9-10-18(11-13(2)3)12-14(4)5/h13-14,17H,8-12H2,1-7H3. The van der Waals surface area contributed by atoms with Gasteiger partial charge >= 0.3 is 5.97 Å². The zero-order valence-corrected chi connectivity index (χ0v) is 14.5. The lowest BCUT2D eigenvalue weighted by atomic mass is 9.97. The molecule has 4 nitrogen and oxygen atoms in total. The number of methoxy groups -OCH3 is 1. The number of rotatable bonds is 10. The fourth-order valence-corrected chi connectivity index (χ4v) is 2.55. The molecule has 0 aliphatic heterocycles. The van der Waals surface area contributed by atoms with Gasteiger partial charge in [0.1, 0.15) is 5.54 Å². The molecule has 0 aliphatic rings. The molecule has 0 amide bonds. The van der Waals surface area contributed by atoms with E-state index < -0.39 is 5.54 Å². The van der Waals surface area contributed by atoms with Gasteiger partial charge in [-0.05, 0) is 31.7 Å². The summed E-state index contributed by atoms with van der Waals surface area (Å²) < 4.78 is 4.94. The van der Waals surface area contributed by atoms with Crippen LogP contribution in [0.4, 0.5) is 0 Å². The lowest BCUT2D eigenvalue weighted by molar-refractivity contribution is -0.148. The van der Waals surface area contributed by atoms with E-state index in [-0.39, 0.29) is 5.97 Å². The number of carbonyl (C=O) groups is 1. The highest BCUT2D eigenvalue weighted by Gasteiger charge is 2.33. The van der Waals surface area contributed by atoms with Gasteiger partial charge in [-0.1, -0.05) is 34.6 Å². The Morgan fingerprint density at radius 1 is 1.20 bits per heavy atom. The minimum absolute atomic E-state index is 0.173. The van der Waals surface area contributed by atoms with E-state index in [4.69, 9.17) is 4.74 Å². The Morgan fingerprint density at radius 3 is 2.05 bits per heavy atom. The van der Waals surface area contributed by atoms with Crippen LogP contribution in [-0.4, -0.2) is 49.7 Å². The van der Waals surface area contributed by atoms with Crippen LogP contribution in [0.1, 0.15) is 48.0 Å². The maximum absolute atomic E-state index is 12.0. The molecule has 0 aromatic rings. The molecule has 0 radical (unpaired) electrons. The first-order valence-electron chi connectivity index (χ1n) is 7.81. The monoisotopic (exact) mass is 286 g/mol. The molecule has 1 atom stereocenters. The predicted octanol–water partition coefficient (Wildman–Crippen LogP) is 2.53. The summed E-state index contributed by atoms with van der Waals surface area (Å²) in [5.74, 6) is 1.10. The van der Waals surface area contributed by atoms with Crippen molar-refractivity contribution in [2.45, 2.75) is 53.5 Å². The lowest BCUT2D eigenvalue weighted by Gasteiger charge is -2.32. The molecule has 0 fully saturated rings. The van der Waals surface area contributed by atoms with E-state index >= 15 is 0 Å². The van der Waals surface area contributed by atoms with Crippen LogP contribution in [0, 0.1) is 11.8 Å². The van der Waals surface area contributed by atoms with Gasteiger partial charge in [0.05, 0.1) is 7.11 Å². The maximum Gasteiger partial charge on any atom is 0.325 e. The van der Waals surface area contributed by atoms with Crippen molar-refractivity contribution < 1.29 is 9.53 Å². The first-order chi connectivity index (χ1) is 9.25. The van der Waals surface area contributed by atoms with Crippen molar-refractivity contribution in [2.24, 2.45) is 11.8 Å². The Balaban J connectivity index is 4.64. The summed E-state index contributed by atoms with van der Waals surface area (Å²) in [6, 6.07) is 0. The molecule has 0 aliphatic carbocycles. The summed E-state index contributed by atoms with van der Waals surface area (Å²) in [4.78, 5) is 14.4. The molecule has 20 heavy (non-hydrogen) atoms. The van der Waals surface area contributed by atoms with Crippen molar-refractivity contribution in [2.75, 3.05) is 33.3 Å². The maximum atomic E-state index is 12.0. The Bertz CT molecular complexity index is 270. The molecule has 4 heteroatoms. The van der Waals surface area contributed by atoms with E-state index in [1.54, 1.807) is 0 Å². The Morgan fingerprint density at radius 2 is 1.70 bits per heavy atom. The summed E-state index contributed by atoms with van der Waals surface area (Å²) in [6.45, 7) is 16.7. The highest BCUT2D eigenvalue weighted by Crippen LogP contribution is 2.14. The number of hydrogen-bond acceptors (Lipinski definition) is 4. The van der Waals surface area contributed by atoms with Gasteiger partial charge in [0.15, 0.2) is 0 Å². The minimum Gasteiger partial charge on any atom is -0.468 e. The van der Waals surface area contributed by atoms with Gasteiger partial charge in [0, 0.05) is 19.6 Å². The summed E-state index contributed by atoms with van der Waals surface area (Å²) in [7, 11) is 1.46. The van der Waals surface area contributed by atoms with Gasteiger partial charge in [-0.2, -0.15) is 0 Å². The van der Waals surface area contributed by atoms with Crippen LogP contribution in [0.3, 0.4) is 0 Å². The molecule has 0 aromatic heterocycles. The van der Waals surface area contributed by atoms with Crippen LogP contribution in [0.25, 0.3) is 0 Å². The number of likely N-dealkylation sites (N-methyl/N-ethyl adjacent to an activating group) is 1. The van der Waals surface area contributed by atoms with E-state index in [0.29, 0.717) is 11.8 Å². The van der Waals surface area contributed by atoms with Crippen LogP contribution in [0.2, 0.25) is 0 Å². The number of esters is 1. The van der Waals surface area contributed by atoms with Gasteiger partial charge < -0.3 is 15.0 Å². The van der Waals surface area contributed by atoms with Gasteiger partial charge in [-0.25, -0.2) is 0 Å². The molecule has 0 saturated heterocycles. The smallest absolute Gasteiger partial charge is 0.325 e. The number of nitrogens with zero attached hydrogens (tertiary/aromatic N) is 1. The van der Waals surface area contributed by atoms with E-state index in [1.807, 2.05) is 13.8 Å². The molecule has 0 saturated carbocycles.